The normalized spacial score (nSPS) is 21.2. The molecule has 1 aliphatic rings. The van der Waals surface area contributed by atoms with Gasteiger partial charge in [-0.3, -0.25) is 9.59 Å². The van der Waals surface area contributed by atoms with Crippen LogP contribution in [0.25, 0.3) is 0 Å². The monoisotopic (exact) mass is 215 g/mol. The first kappa shape index (κ1) is 11.9. The van der Waals surface area contributed by atoms with E-state index in [-0.39, 0.29) is 6.04 Å². The van der Waals surface area contributed by atoms with Crippen molar-refractivity contribution in [3.05, 3.63) is 0 Å². The van der Waals surface area contributed by atoms with Crippen LogP contribution < -0.4 is 11.1 Å². The molecule has 1 atom stereocenters. The van der Waals surface area contributed by atoms with E-state index in [2.05, 4.69) is 5.32 Å². The molecule has 0 radical (unpaired) electrons. The summed E-state index contributed by atoms with van der Waals surface area (Å²) in [5.41, 5.74) is 5.22. The minimum atomic E-state index is -0.589. The number of nitrogens with one attached hydrogen (secondary N) is 1. The van der Waals surface area contributed by atoms with Gasteiger partial charge in [0, 0.05) is 19.6 Å². The molecule has 0 unspecified atom stereocenters. The number of carbonyl (C=O) groups excluding carboxylic acids is 2. The number of amides is 2. The van der Waals surface area contributed by atoms with Gasteiger partial charge >= 0.3 is 11.8 Å². The quantitative estimate of drug-likeness (QED) is 0.538. The van der Waals surface area contributed by atoms with Gasteiger partial charge in [-0.1, -0.05) is 0 Å². The largest absolute Gasteiger partial charge is 0.377 e. The van der Waals surface area contributed by atoms with Crippen molar-refractivity contribution in [1.29, 1.82) is 0 Å². The third-order valence-electron chi connectivity index (χ3n) is 2.25. The topological polar surface area (TPSA) is 84.7 Å². The summed E-state index contributed by atoms with van der Waals surface area (Å²) in [6.07, 6.45) is 0. The minimum Gasteiger partial charge on any atom is -0.377 e. The molecule has 3 N–H and O–H groups in total. The lowest BCUT2D eigenvalue weighted by Crippen LogP contribution is -2.52. The Morgan fingerprint density at radius 3 is 2.93 bits per heavy atom. The summed E-state index contributed by atoms with van der Waals surface area (Å²) in [5, 5.41) is 2.45. The third-order valence-corrected chi connectivity index (χ3v) is 2.25. The fourth-order valence-electron chi connectivity index (χ4n) is 1.42. The second kappa shape index (κ2) is 5.67. The van der Waals surface area contributed by atoms with E-state index < -0.39 is 11.8 Å². The van der Waals surface area contributed by atoms with E-state index in [1.807, 2.05) is 6.92 Å². The first-order chi connectivity index (χ1) is 7.16. The molecule has 1 rings (SSSR count). The van der Waals surface area contributed by atoms with Crippen molar-refractivity contribution >= 4 is 11.8 Å². The maximum absolute atomic E-state index is 11.6. The number of nitrogens with zero attached hydrogens (tertiary/aromatic N) is 1. The summed E-state index contributed by atoms with van der Waals surface area (Å²) in [5.74, 6) is -1.09. The second-order valence-corrected chi connectivity index (χ2v) is 3.47. The van der Waals surface area contributed by atoms with E-state index in [1.54, 1.807) is 0 Å². The Kier molecular flexibility index (Phi) is 4.51. The molecule has 0 spiro atoms. The number of morpholine rings is 1. The highest BCUT2D eigenvalue weighted by Gasteiger charge is 2.28. The highest BCUT2D eigenvalue weighted by Crippen LogP contribution is 2.05. The van der Waals surface area contributed by atoms with Crippen LogP contribution in [0.3, 0.4) is 0 Å². The van der Waals surface area contributed by atoms with Crippen molar-refractivity contribution in [3.63, 3.8) is 0 Å². The number of carbonyl (C=O) groups is 2. The Labute approximate surface area is 88.7 Å². The summed E-state index contributed by atoms with van der Waals surface area (Å²) < 4.78 is 5.18. The Morgan fingerprint density at radius 1 is 1.60 bits per heavy atom. The molecule has 86 valence electrons. The van der Waals surface area contributed by atoms with Crippen molar-refractivity contribution in [3.8, 4) is 0 Å². The zero-order valence-corrected chi connectivity index (χ0v) is 8.86. The molecular weight excluding hydrogens is 198 g/mol. The van der Waals surface area contributed by atoms with E-state index in [9.17, 15) is 9.59 Å². The zero-order chi connectivity index (χ0) is 11.3. The van der Waals surface area contributed by atoms with Gasteiger partial charge in [-0.15, -0.1) is 0 Å². The van der Waals surface area contributed by atoms with Crippen LogP contribution in [0.4, 0.5) is 0 Å². The lowest BCUT2D eigenvalue weighted by atomic mass is 10.2. The van der Waals surface area contributed by atoms with Crippen molar-refractivity contribution < 1.29 is 14.3 Å². The summed E-state index contributed by atoms with van der Waals surface area (Å²) in [4.78, 5) is 24.5. The van der Waals surface area contributed by atoms with Crippen LogP contribution in [0.15, 0.2) is 0 Å². The first-order valence-electron chi connectivity index (χ1n) is 5.03. The Morgan fingerprint density at radius 2 is 2.33 bits per heavy atom. The van der Waals surface area contributed by atoms with Gasteiger partial charge in [-0.2, -0.15) is 0 Å². The minimum absolute atomic E-state index is 0.0464. The number of rotatable bonds is 2. The van der Waals surface area contributed by atoms with Gasteiger partial charge in [0.15, 0.2) is 0 Å². The molecule has 0 aromatic rings. The third kappa shape index (κ3) is 3.17. The average molecular weight is 215 g/mol. The molecule has 1 saturated heterocycles. The van der Waals surface area contributed by atoms with Crippen LogP contribution in [0.2, 0.25) is 0 Å². The van der Waals surface area contributed by atoms with E-state index in [4.69, 9.17) is 10.5 Å². The summed E-state index contributed by atoms with van der Waals surface area (Å²) in [7, 11) is 0. The molecule has 2 amide bonds. The van der Waals surface area contributed by atoms with Crippen LogP contribution in [-0.4, -0.2) is 55.6 Å². The van der Waals surface area contributed by atoms with Crippen molar-refractivity contribution in [2.45, 2.75) is 13.0 Å². The molecule has 0 bridgehead atoms. The number of ether oxygens (including phenoxy) is 1. The van der Waals surface area contributed by atoms with E-state index in [0.717, 1.165) is 0 Å². The molecule has 0 aromatic heterocycles. The molecule has 6 nitrogen and oxygen atoms in total. The highest BCUT2D eigenvalue weighted by molar-refractivity contribution is 6.35. The molecule has 15 heavy (non-hydrogen) atoms. The van der Waals surface area contributed by atoms with Crippen LogP contribution in [0.5, 0.6) is 0 Å². The van der Waals surface area contributed by atoms with E-state index in [0.29, 0.717) is 32.8 Å². The predicted octanol–water partition coefficient (Wildman–Crippen LogP) is -1.69. The van der Waals surface area contributed by atoms with Crippen LogP contribution >= 0.6 is 0 Å². The lowest BCUT2D eigenvalue weighted by molar-refractivity contribution is -0.151. The molecule has 1 heterocycles. The predicted molar refractivity (Wildman–Crippen MR) is 54.1 cm³/mol. The van der Waals surface area contributed by atoms with Gasteiger partial charge < -0.3 is 20.7 Å². The molecule has 0 aliphatic carbocycles. The van der Waals surface area contributed by atoms with Gasteiger partial charge in [0.1, 0.15) is 0 Å². The summed E-state index contributed by atoms with van der Waals surface area (Å²) in [6.45, 7) is 3.94. The highest BCUT2D eigenvalue weighted by atomic mass is 16.5. The van der Waals surface area contributed by atoms with Crippen LogP contribution in [0, 0.1) is 0 Å². The SMILES string of the molecule is C[C@@H]1COCCN1C(=O)C(=O)NCCN. The molecule has 0 aromatic carbocycles. The lowest BCUT2D eigenvalue weighted by Gasteiger charge is -2.32. The number of nitrogens with two attached hydrogens (primary N) is 1. The molecule has 6 heteroatoms. The van der Waals surface area contributed by atoms with E-state index in [1.165, 1.54) is 4.90 Å². The van der Waals surface area contributed by atoms with Gasteiger partial charge in [0.2, 0.25) is 0 Å². The summed E-state index contributed by atoms with van der Waals surface area (Å²) >= 11 is 0. The molecule has 0 saturated carbocycles. The van der Waals surface area contributed by atoms with Gasteiger partial charge in [-0.05, 0) is 6.92 Å². The molecule has 1 fully saturated rings. The maximum atomic E-state index is 11.6. The number of hydrogen-bond donors (Lipinski definition) is 2. The smallest absolute Gasteiger partial charge is 0.312 e. The van der Waals surface area contributed by atoms with Gasteiger partial charge in [0.05, 0.1) is 19.3 Å². The fraction of sp³-hybridized carbons (Fsp3) is 0.778. The van der Waals surface area contributed by atoms with Crippen LogP contribution in [0.1, 0.15) is 6.92 Å². The van der Waals surface area contributed by atoms with Gasteiger partial charge in [0.25, 0.3) is 0 Å². The Hall–Kier alpha value is -1.14. The van der Waals surface area contributed by atoms with Crippen molar-refractivity contribution in [2.24, 2.45) is 5.73 Å². The summed E-state index contributed by atoms with van der Waals surface area (Å²) in [6, 6.07) is -0.0464. The van der Waals surface area contributed by atoms with Crippen LogP contribution in [-0.2, 0) is 14.3 Å². The first-order valence-corrected chi connectivity index (χ1v) is 5.03. The molecular formula is C9H17N3O3. The maximum Gasteiger partial charge on any atom is 0.312 e. The number of hydrogen-bond acceptors (Lipinski definition) is 4. The Balaban J connectivity index is 2.47. The standard InChI is InChI=1S/C9H17N3O3/c1-7-6-15-5-4-12(7)9(14)8(13)11-3-2-10/h7H,2-6,10H2,1H3,(H,11,13)/t7-/m1/s1. The zero-order valence-electron chi connectivity index (χ0n) is 8.86. The van der Waals surface area contributed by atoms with Crippen molar-refractivity contribution in [1.82, 2.24) is 10.2 Å². The second-order valence-electron chi connectivity index (χ2n) is 3.47. The average Bonchev–Trinajstić information content (AvgIpc) is 2.25. The van der Waals surface area contributed by atoms with Crippen molar-refractivity contribution in [2.75, 3.05) is 32.8 Å². The fourth-order valence-corrected chi connectivity index (χ4v) is 1.42. The molecule has 1 aliphatic heterocycles. The van der Waals surface area contributed by atoms with E-state index >= 15 is 0 Å². The van der Waals surface area contributed by atoms with Gasteiger partial charge in [-0.25, -0.2) is 0 Å². The Bertz CT molecular complexity index is 245.